The summed E-state index contributed by atoms with van der Waals surface area (Å²) in [5, 5.41) is 11.2. The van der Waals surface area contributed by atoms with Crippen molar-refractivity contribution in [2.24, 2.45) is 0 Å². The van der Waals surface area contributed by atoms with Crippen molar-refractivity contribution < 1.29 is 14.7 Å². The van der Waals surface area contributed by atoms with Crippen LogP contribution in [0.4, 0.5) is 5.69 Å². The molecule has 3 rings (SSSR count). The standard InChI is InChI=1S/C16H15NO3/c18-15-7-3-4-8-17(15)14-10-12-6-2-1-5-11(12)9-13(14)16(19)20/h1-2,5-6,9-10H,3-4,7-8H2,(H,19,20). The number of carbonyl (C=O) groups is 2. The van der Waals surface area contributed by atoms with Crippen LogP contribution < -0.4 is 4.90 Å². The molecule has 1 saturated heterocycles. The van der Waals surface area contributed by atoms with Gasteiger partial charge in [-0.05, 0) is 35.7 Å². The lowest BCUT2D eigenvalue weighted by atomic mass is 10.0. The van der Waals surface area contributed by atoms with Crippen LogP contribution in [0.3, 0.4) is 0 Å². The number of amides is 1. The van der Waals surface area contributed by atoms with Gasteiger partial charge in [0.25, 0.3) is 0 Å². The maximum atomic E-state index is 12.0. The molecule has 20 heavy (non-hydrogen) atoms. The van der Waals surface area contributed by atoms with Crippen LogP contribution in [0.15, 0.2) is 36.4 Å². The molecule has 0 spiro atoms. The van der Waals surface area contributed by atoms with Gasteiger partial charge in [0.05, 0.1) is 11.3 Å². The summed E-state index contributed by atoms with van der Waals surface area (Å²) in [4.78, 5) is 25.1. The summed E-state index contributed by atoms with van der Waals surface area (Å²) < 4.78 is 0. The van der Waals surface area contributed by atoms with Crippen LogP contribution in [0, 0.1) is 0 Å². The molecule has 102 valence electrons. The van der Waals surface area contributed by atoms with E-state index in [9.17, 15) is 14.7 Å². The van der Waals surface area contributed by atoms with Gasteiger partial charge in [-0.3, -0.25) is 4.79 Å². The van der Waals surface area contributed by atoms with E-state index in [2.05, 4.69) is 0 Å². The summed E-state index contributed by atoms with van der Waals surface area (Å²) >= 11 is 0. The Morgan fingerprint density at radius 2 is 1.80 bits per heavy atom. The third-order valence-corrected chi connectivity index (χ3v) is 3.71. The second-order valence-corrected chi connectivity index (χ2v) is 5.02. The Hall–Kier alpha value is -2.36. The molecule has 0 bridgehead atoms. The Morgan fingerprint density at radius 3 is 2.45 bits per heavy atom. The molecule has 2 aromatic rings. The minimum Gasteiger partial charge on any atom is -0.478 e. The molecule has 2 aromatic carbocycles. The van der Waals surface area contributed by atoms with Crippen molar-refractivity contribution in [2.75, 3.05) is 11.4 Å². The number of nitrogens with zero attached hydrogens (tertiary/aromatic N) is 1. The third-order valence-electron chi connectivity index (χ3n) is 3.71. The molecule has 1 aliphatic heterocycles. The molecule has 0 atom stereocenters. The summed E-state index contributed by atoms with van der Waals surface area (Å²) in [6, 6.07) is 11.0. The number of carboxylic acid groups (broad SMARTS) is 1. The number of hydrogen-bond acceptors (Lipinski definition) is 2. The molecule has 1 aliphatic rings. The zero-order valence-electron chi connectivity index (χ0n) is 11.0. The predicted octanol–water partition coefficient (Wildman–Crippen LogP) is 3.05. The Kier molecular flexibility index (Phi) is 3.14. The number of aromatic carboxylic acids is 1. The molecule has 0 unspecified atom stereocenters. The van der Waals surface area contributed by atoms with Crippen molar-refractivity contribution >= 4 is 28.3 Å². The van der Waals surface area contributed by atoms with Crippen molar-refractivity contribution in [3.05, 3.63) is 42.0 Å². The van der Waals surface area contributed by atoms with Crippen LogP contribution in [-0.2, 0) is 4.79 Å². The van der Waals surface area contributed by atoms with Gasteiger partial charge in [0.2, 0.25) is 5.91 Å². The Bertz CT molecular complexity index is 693. The lowest BCUT2D eigenvalue weighted by molar-refractivity contribution is -0.119. The average Bonchev–Trinajstić information content (AvgIpc) is 2.46. The van der Waals surface area contributed by atoms with Crippen molar-refractivity contribution in [3.8, 4) is 0 Å². The van der Waals surface area contributed by atoms with Crippen molar-refractivity contribution in [2.45, 2.75) is 19.3 Å². The second-order valence-electron chi connectivity index (χ2n) is 5.02. The minimum absolute atomic E-state index is 0.00836. The lowest BCUT2D eigenvalue weighted by Gasteiger charge is -2.28. The largest absolute Gasteiger partial charge is 0.478 e. The van der Waals surface area contributed by atoms with E-state index in [1.165, 1.54) is 0 Å². The molecular formula is C16H15NO3. The van der Waals surface area contributed by atoms with E-state index in [4.69, 9.17) is 0 Å². The van der Waals surface area contributed by atoms with Crippen LogP contribution in [0.1, 0.15) is 29.6 Å². The highest BCUT2D eigenvalue weighted by molar-refractivity contribution is 6.06. The lowest BCUT2D eigenvalue weighted by Crippen LogP contribution is -2.36. The summed E-state index contributed by atoms with van der Waals surface area (Å²) in [5.74, 6) is -0.988. The monoisotopic (exact) mass is 269 g/mol. The zero-order valence-corrected chi connectivity index (χ0v) is 11.0. The first-order chi connectivity index (χ1) is 9.66. The third kappa shape index (κ3) is 2.13. The number of fused-ring (bicyclic) bond motifs is 1. The number of carbonyl (C=O) groups excluding carboxylic acids is 1. The van der Waals surface area contributed by atoms with Crippen LogP contribution in [0.2, 0.25) is 0 Å². The molecule has 1 heterocycles. The van der Waals surface area contributed by atoms with Gasteiger partial charge < -0.3 is 10.0 Å². The fourth-order valence-electron chi connectivity index (χ4n) is 2.68. The van der Waals surface area contributed by atoms with Gasteiger partial charge in [-0.25, -0.2) is 4.79 Å². The van der Waals surface area contributed by atoms with E-state index in [-0.39, 0.29) is 11.5 Å². The summed E-state index contributed by atoms with van der Waals surface area (Å²) in [7, 11) is 0. The molecule has 1 fully saturated rings. The minimum atomic E-state index is -0.996. The van der Waals surface area contributed by atoms with Crippen LogP contribution >= 0.6 is 0 Å². The van der Waals surface area contributed by atoms with Crippen LogP contribution in [-0.4, -0.2) is 23.5 Å². The fraction of sp³-hybridized carbons (Fsp3) is 0.250. The van der Waals surface area contributed by atoms with Crippen LogP contribution in [0.25, 0.3) is 10.8 Å². The molecule has 1 N–H and O–H groups in total. The predicted molar refractivity (Wildman–Crippen MR) is 77.1 cm³/mol. The second kappa shape index (κ2) is 4.96. The average molecular weight is 269 g/mol. The molecule has 0 radical (unpaired) electrons. The number of benzene rings is 2. The number of hydrogen-bond donors (Lipinski definition) is 1. The molecule has 4 nitrogen and oxygen atoms in total. The van der Waals surface area contributed by atoms with E-state index in [0.29, 0.717) is 18.7 Å². The first-order valence-corrected chi connectivity index (χ1v) is 6.73. The van der Waals surface area contributed by atoms with E-state index >= 15 is 0 Å². The smallest absolute Gasteiger partial charge is 0.337 e. The van der Waals surface area contributed by atoms with Gasteiger partial charge >= 0.3 is 5.97 Å². The van der Waals surface area contributed by atoms with Gasteiger partial charge in [-0.15, -0.1) is 0 Å². The summed E-state index contributed by atoms with van der Waals surface area (Å²) in [5.41, 5.74) is 0.708. The summed E-state index contributed by atoms with van der Waals surface area (Å²) in [6.07, 6.45) is 2.29. The van der Waals surface area contributed by atoms with E-state index in [1.54, 1.807) is 11.0 Å². The molecule has 1 amide bonds. The SMILES string of the molecule is O=C(O)c1cc2ccccc2cc1N1CCCCC1=O. The molecular weight excluding hydrogens is 254 g/mol. The first-order valence-electron chi connectivity index (χ1n) is 6.73. The fourth-order valence-corrected chi connectivity index (χ4v) is 2.68. The van der Waals surface area contributed by atoms with E-state index in [1.807, 2.05) is 30.3 Å². The topological polar surface area (TPSA) is 57.6 Å². The van der Waals surface area contributed by atoms with Gasteiger partial charge in [-0.2, -0.15) is 0 Å². The molecule has 0 aromatic heterocycles. The van der Waals surface area contributed by atoms with Crippen molar-refractivity contribution in [3.63, 3.8) is 0 Å². The van der Waals surface area contributed by atoms with Gasteiger partial charge in [0.15, 0.2) is 0 Å². The van der Waals surface area contributed by atoms with Crippen molar-refractivity contribution in [1.29, 1.82) is 0 Å². The van der Waals surface area contributed by atoms with Crippen molar-refractivity contribution in [1.82, 2.24) is 0 Å². The molecule has 0 aliphatic carbocycles. The molecule has 0 saturated carbocycles. The summed E-state index contributed by atoms with van der Waals surface area (Å²) in [6.45, 7) is 0.595. The number of carboxylic acids is 1. The quantitative estimate of drug-likeness (QED) is 0.911. The van der Waals surface area contributed by atoms with E-state index < -0.39 is 5.97 Å². The van der Waals surface area contributed by atoms with Gasteiger partial charge in [-0.1, -0.05) is 24.3 Å². The number of rotatable bonds is 2. The normalized spacial score (nSPS) is 15.6. The highest BCUT2D eigenvalue weighted by atomic mass is 16.4. The van der Waals surface area contributed by atoms with Gasteiger partial charge in [0, 0.05) is 13.0 Å². The molecule has 4 heteroatoms. The Morgan fingerprint density at radius 1 is 1.10 bits per heavy atom. The highest BCUT2D eigenvalue weighted by Gasteiger charge is 2.24. The van der Waals surface area contributed by atoms with E-state index in [0.717, 1.165) is 23.6 Å². The maximum Gasteiger partial charge on any atom is 0.337 e. The zero-order chi connectivity index (χ0) is 14.1. The van der Waals surface area contributed by atoms with Crippen LogP contribution in [0.5, 0.6) is 0 Å². The Labute approximate surface area is 116 Å². The first kappa shape index (κ1) is 12.7. The number of anilines is 1. The maximum absolute atomic E-state index is 12.0. The Balaban J connectivity index is 2.18. The van der Waals surface area contributed by atoms with Gasteiger partial charge in [0.1, 0.15) is 0 Å². The number of piperidine rings is 1. The highest BCUT2D eigenvalue weighted by Crippen LogP contribution is 2.29.